The zero-order valence-corrected chi connectivity index (χ0v) is 12.2. The van der Waals surface area contributed by atoms with E-state index in [0.29, 0.717) is 6.04 Å². The second-order valence-corrected chi connectivity index (χ2v) is 5.56. The predicted octanol–water partition coefficient (Wildman–Crippen LogP) is 2.08. The molecule has 1 atom stereocenters. The minimum atomic E-state index is 0.561. The van der Waals surface area contributed by atoms with Crippen LogP contribution in [0.4, 0.5) is 0 Å². The summed E-state index contributed by atoms with van der Waals surface area (Å²) in [6.45, 7) is 9.16. The largest absolute Gasteiger partial charge is 0.308 e. The average molecular weight is 262 g/mol. The number of hydrogen-bond acceptors (Lipinski definition) is 4. The van der Waals surface area contributed by atoms with E-state index >= 15 is 0 Å². The van der Waals surface area contributed by atoms with Gasteiger partial charge in [0, 0.05) is 18.8 Å². The van der Waals surface area contributed by atoms with Gasteiger partial charge in [-0.15, -0.1) is 0 Å². The summed E-state index contributed by atoms with van der Waals surface area (Å²) in [6, 6.07) is 4.53. The molecule has 19 heavy (non-hydrogen) atoms. The number of aromatic nitrogens is 2. The Morgan fingerprint density at radius 1 is 1.42 bits per heavy atom. The Bertz CT molecular complexity index is 346. The van der Waals surface area contributed by atoms with Crippen molar-refractivity contribution in [2.24, 2.45) is 5.92 Å². The first kappa shape index (κ1) is 14.4. The lowest BCUT2D eigenvalue weighted by atomic mass is 9.90. The Labute approximate surface area is 116 Å². The maximum Gasteiger partial charge on any atom is 0.0769 e. The van der Waals surface area contributed by atoms with Crippen LogP contribution in [0.15, 0.2) is 18.3 Å². The van der Waals surface area contributed by atoms with Crippen LogP contribution in [0.3, 0.4) is 0 Å². The number of rotatable bonds is 6. The SMILES string of the molecule is CCCN1CCC(C(C)NCc2cccnn2)CC1. The van der Waals surface area contributed by atoms with Crippen molar-refractivity contribution in [1.29, 1.82) is 0 Å². The molecular weight excluding hydrogens is 236 g/mol. The lowest BCUT2D eigenvalue weighted by Crippen LogP contribution is -2.42. The molecule has 0 saturated carbocycles. The van der Waals surface area contributed by atoms with Crippen molar-refractivity contribution >= 4 is 0 Å². The fourth-order valence-electron chi connectivity index (χ4n) is 2.85. The van der Waals surface area contributed by atoms with Crippen LogP contribution in [-0.4, -0.2) is 40.8 Å². The third kappa shape index (κ3) is 4.55. The summed E-state index contributed by atoms with van der Waals surface area (Å²) >= 11 is 0. The van der Waals surface area contributed by atoms with Gasteiger partial charge in [-0.2, -0.15) is 10.2 Å². The topological polar surface area (TPSA) is 41.0 Å². The Hall–Kier alpha value is -1.00. The summed E-state index contributed by atoms with van der Waals surface area (Å²) in [7, 11) is 0. The molecule has 0 aliphatic carbocycles. The van der Waals surface area contributed by atoms with Crippen LogP contribution in [0.2, 0.25) is 0 Å². The second kappa shape index (κ2) is 7.56. The summed E-state index contributed by atoms with van der Waals surface area (Å²) in [5.74, 6) is 0.796. The third-order valence-electron chi connectivity index (χ3n) is 4.11. The quantitative estimate of drug-likeness (QED) is 0.852. The van der Waals surface area contributed by atoms with Gasteiger partial charge in [0.25, 0.3) is 0 Å². The summed E-state index contributed by atoms with van der Waals surface area (Å²) in [5.41, 5.74) is 1.03. The van der Waals surface area contributed by atoms with Crippen molar-refractivity contribution in [3.63, 3.8) is 0 Å². The van der Waals surface area contributed by atoms with Crippen molar-refractivity contribution in [3.8, 4) is 0 Å². The van der Waals surface area contributed by atoms with Gasteiger partial charge in [0.05, 0.1) is 5.69 Å². The fourth-order valence-corrected chi connectivity index (χ4v) is 2.85. The lowest BCUT2D eigenvalue weighted by Gasteiger charge is -2.35. The molecule has 1 saturated heterocycles. The van der Waals surface area contributed by atoms with Gasteiger partial charge in [-0.1, -0.05) is 6.92 Å². The molecule has 1 aromatic rings. The van der Waals surface area contributed by atoms with Gasteiger partial charge in [0.2, 0.25) is 0 Å². The highest BCUT2D eigenvalue weighted by Crippen LogP contribution is 2.20. The highest BCUT2D eigenvalue weighted by atomic mass is 15.1. The molecule has 0 bridgehead atoms. The predicted molar refractivity (Wildman–Crippen MR) is 77.8 cm³/mol. The average Bonchev–Trinajstić information content (AvgIpc) is 2.47. The van der Waals surface area contributed by atoms with E-state index < -0.39 is 0 Å². The van der Waals surface area contributed by atoms with Crippen molar-refractivity contribution in [2.45, 2.75) is 45.7 Å². The maximum absolute atomic E-state index is 4.11. The van der Waals surface area contributed by atoms with Crippen LogP contribution in [0.5, 0.6) is 0 Å². The minimum absolute atomic E-state index is 0.561. The third-order valence-corrected chi connectivity index (χ3v) is 4.11. The minimum Gasteiger partial charge on any atom is -0.308 e. The molecule has 4 heteroatoms. The van der Waals surface area contributed by atoms with Gasteiger partial charge in [-0.25, -0.2) is 0 Å². The van der Waals surface area contributed by atoms with Crippen LogP contribution in [0.25, 0.3) is 0 Å². The standard InChI is InChI=1S/C15H26N4/c1-3-9-19-10-6-14(7-11-19)13(2)16-12-15-5-4-8-17-18-15/h4-5,8,13-14,16H,3,6-7,9-12H2,1-2H3. The van der Waals surface area contributed by atoms with Gasteiger partial charge < -0.3 is 10.2 Å². The van der Waals surface area contributed by atoms with Crippen molar-refractivity contribution in [1.82, 2.24) is 20.4 Å². The Kier molecular flexibility index (Phi) is 5.73. The normalized spacial score (nSPS) is 19.5. The van der Waals surface area contributed by atoms with Crippen molar-refractivity contribution in [3.05, 3.63) is 24.0 Å². The van der Waals surface area contributed by atoms with E-state index in [1.807, 2.05) is 12.1 Å². The number of likely N-dealkylation sites (tertiary alicyclic amines) is 1. The second-order valence-electron chi connectivity index (χ2n) is 5.56. The van der Waals surface area contributed by atoms with Gasteiger partial charge in [0.1, 0.15) is 0 Å². The van der Waals surface area contributed by atoms with E-state index in [9.17, 15) is 0 Å². The Morgan fingerprint density at radius 2 is 2.21 bits per heavy atom. The molecule has 1 unspecified atom stereocenters. The summed E-state index contributed by atoms with van der Waals surface area (Å²) < 4.78 is 0. The van der Waals surface area contributed by atoms with Crippen LogP contribution >= 0.6 is 0 Å². The smallest absolute Gasteiger partial charge is 0.0769 e. The molecule has 106 valence electrons. The first-order valence-corrected chi connectivity index (χ1v) is 7.52. The van der Waals surface area contributed by atoms with Crippen molar-refractivity contribution in [2.75, 3.05) is 19.6 Å². The molecule has 1 fully saturated rings. The van der Waals surface area contributed by atoms with Gasteiger partial charge in [-0.3, -0.25) is 0 Å². The monoisotopic (exact) mass is 262 g/mol. The Balaban J connectivity index is 1.71. The summed E-state index contributed by atoms with van der Waals surface area (Å²) in [4.78, 5) is 2.59. The molecule has 0 spiro atoms. The van der Waals surface area contributed by atoms with Crippen LogP contribution in [0, 0.1) is 5.92 Å². The van der Waals surface area contributed by atoms with E-state index in [-0.39, 0.29) is 0 Å². The van der Waals surface area contributed by atoms with E-state index in [4.69, 9.17) is 0 Å². The van der Waals surface area contributed by atoms with Crippen LogP contribution in [-0.2, 0) is 6.54 Å². The van der Waals surface area contributed by atoms with Crippen LogP contribution in [0.1, 0.15) is 38.8 Å². The number of nitrogens with zero attached hydrogens (tertiary/aromatic N) is 3. The van der Waals surface area contributed by atoms with E-state index in [0.717, 1.165) is 18.2 Å². The van der Waals surface area contributed by atoms with Crippen molar-refractivity contribution < 1.29 is 0 Å². The highest BCUT2D eigenvalue weighted by molar-refractivity contribution is 4.98. The first-order chi connectivity index (χ1) is 9.29. The van der Waals surface area contributed by atoms with E-state index in [1.165, 1.54) is 38.9 Å². The first-order valence-electron chi connectivity index (χ1n) is 7.52. The number of hydrogen-bond donors (Lipinski definition) is 1. The molecular formula is C15H26N4. The molecule has 4 nitrogen and oxygen atoms in total. The number of nitrogens with one attached hydrogen (secondary N) is 1. The number of piperidine rings is 1. The molecule has 1 N–H and O–H groups in total. The molecule has 2 rings (SSSR count). The summed E-state index contributed by atoms with van der Waals surface area (Å²) in [5, 5.41) is 11.6. The van der Waals surface area contributed by atoms with E-state index in [1.54, 1.807) is 6.20 Å². The summed E-state index contributed by atoms with van der Waals surface area (Å²) in [6.07, 6.45) is 5.62. The molecule has 0 radical (unpaired) electrons. The maximum atomic E-state index is 4.11. The zero-order chi connectivity index (χ0) is 13.5. The van der Waals surface area contributed by atoms with Gasteiger partial charge in [0.15, 0.2) is 0 Å². The molecule has 1 aromatic heterocycles. The highest BCUT2D eigenvalue weighted by Gasteiger charge is 2.23. The molecule has 1 aliphatic rings. The van der Waals surface area contributed by atoms with E-state index in [2.05, 4.69) is 34.3 Å². The van der Waals surface area contributed by atoms with Gasteiger partial charge in [-0.05, 0) is 63.9 Å². The lowest BCUT2D eigenvalue weighted by molar-refractivity contribution is 0.162. The molecule has 1 aliphatic heterocycles. The Morgan fingerprint density at radius 3 is 2.84 bits per heavy atom. The zero-order valence-electron chi connectivity index (χ0n) is 12.2. The molecule has 2 heterocycles. The molecule has 0 amide bonds. The van der Waals surface area contributed by atoms with Gasteiger partial charge >= 0.3 is 0 Å². The van der Waals surface area contributed by atoms with Crippen LogP contribution < -0.4 is 5.32 Å². The molecule has 0 aromatic carbocycles. The fraction of sp³-hybridized carbons (Fsp3) is 0.733.